The molecule has 152 valence electrons. The lowest BCUT2D eigenvalue weighted by atomic mass is 10.2. The summed E-state index contributed by atoms with van der Waals surface area (Å²) in [6, 6.07) is 3.04. The largest absolute Gasteiger partial charge is 0.360 e. The summed E-state index contributed by atoms with van der Waals surface area (Å²) in [6.07, 6.45) is 6.04. The maximum Gasteiger partial charge on any atom is 0.295 e. The standard InChI is InChI=1S/C18H19ClN6O3S/c1-10(11-3-4-11)25-16-14(9-22-18(19)24-16)23-15(17(25)26)21-7-12-5-6-13(8-20-12)29(2,27)28/h5-6,8-11H,3-4,7H2,1-2H3,(H,21,23)/t10-/m0/s1. The minimum Gasteiger partial charge on any atom is -0.360 e. The first-order chi connectivity index (χ1) is 13.7. The number of hydrogen-bond acceptors (Lipinski definition) is 8. The molecule has 0 radical (unpaired) electrons. The molecule has 3 heterocycles. The van der Waals surface area contributed by atoms with E-state index < -0.39 is 9.84 Å². The molecule has 0 saturated heterocycles. The van der Waals surface area contributed by atoms with Crippen molar-refractivity contribution in [3.05, 3.63) is 45.9 Å². The van der Waals surface area contributed by atoms with E-state index in [0.717, 1.165) is 19.1 Å². The second-order valence-corrected chi connectivity index (χ2v) is 9.53. The van der Waals surface area contributed by atoms with Crippen LogP contribution in [0.3, 0.4) is 0 Å². The number of halogens is 1. The van der Waals surface area contributed by atoms with Crippen LogP contribution in [0.25, 0.3) is 11.2 Å². The van der Waals surface area contributed by atoms with Crippen molar-refractivity contribution in [2.45, 2.75) is 37.2 Å². The Balaban J connectivity index is 1.68. The van der Waals surface area contributed by atoms with E-state index in [1.165, 1.54) is 18.5 Å². The topological polar surface area (TPSA) is 120 Å². The fourth-order valence-corrected chi connectivity index (χ4v) is 3.86. The Labute approximate surface area is 172 Å². The van der Waals surface area contributed by atoms with Crippen LogP contribution in [0, 0.1) is 5.92 Å². The molecule has 0 aliphatic heterocycles. The number of aromatic nitrogens is 5. The SMILES string of the molecule is C[C@@H](C1CC1)n1c(=O)c(NCc2ccc(S(C)(=O)=O)cn2)nc2cnc(Cl)nc21. The van der Waals surface area contributed by atoms with E-state index in [0.29, 0.717) is 22.8 Å². The van der Waals surface area contributed by atoms with E-state index >= 15 is 0 Å². The predicted molar refractivity (Wildman–Crippen MR) is 109 cm³/mol. The van der Waals surface area contributed by atoms with Crippen LogP contribution in [-0.4, -0.2) is 39.2 Å². The summed E-state index contributed by atoms with van der Waals surface area (Å²) in [5.74, 6) is 0.579. The molecular weight excluding hydrogens is 416 g/mol. The highest BCUT2D eigenvalue weighted by Crippen LogP contribution is 2.39. The van der Waals surface area contributed by atoms with Crippen LogP contribution in [0.15, 0.2) is 34.2 Å². The zero-order chi connectivity index (χ0) is 20.8. The van der Waals surface area contributed by atoms with Gasteiger partial charge in [0, 0.05) is 18.5 Å². The van der Waals surface area contributed by atoms with Gasteiger partial charge in [0.05, 0.1) is 23.3 Å². The van der Waals surface area contributed by atoms with Gasteiger partial charge < -0.3 is 5.32 Å². The number of fused-ring (bicyclic) bond motifs is 1. The fraction of sp³-hybridized carbons (Fsp3) is 0.389. The molecule has 0 bridgehead atoms. The second-order valence-electron chi connectivity index (χ2n) is 7.17. The highest BCUT2D eigenvalue weighted by Gasteiger charge is 2.31. The molecule has 0 amide bonds. The number of anilines is 1. The smallest absolute Gasteiger partial charge is 0.295 e. The summed E-state index contributed by atoms with van der Waals surface area (Å²) in [7, 11) is -3.31. The molecule has 1 N–H and O–H groups in total. The van der Waals surface area contributed by atoms with Crippen molar-refractivity contribution in [2.24, 2.45) is 5.92 Å². The van der Waals surface area contributed by atoms with Gasteiger partial charge in [0.2, 0.25) is 5.28 Å². The first-order valence-electron chi connectivity index (χ1n) is 9.07. The average Bonchev–Trinajstić information content (AvgIpc) is 3.51. The van der Waals surface area contributed by atoms with Gasteiger partial charge in [-0.05, 0) is 49.4 Å². The van der Waals surface area contributed by atoms with Crippen molar-refractivity contribution in [2.75, 3.05) is 11.6 Å². The highest BCUT2D eigenvalue weighted by atomic mass is 35.5. The Morgan fingerprint density at radius 2 is 2.00 bits per heavy atom. The summed E-state index contributed by atoms with van der Waals surface area (Å²) in [5.41, 5.74) is 1.16. The normalized spacial score (nSPS) is 15.4. The maximum atomic E-state index is 13.1. The number of pyridine rings is 1. The van der Waals surface area contributed by atoms with E-state index in [2.05, 4.69) is 25.3 Å². The molecule has 0 aromatic carbocycles. The Bertz CT molecular complexity index is 1240. The van der Waals surface area contributed by atoms with Gasteiger partial charge in [-0.3, -0.25) is 14.3 Å². The zero-order valence-corrected chi connectivity index (χ0v) is 17.4. The van der Waals surface area contributed by atoms with Gasteiger partial charge in [-0.25, -0.2) is 18.4 Å². The van der Waals surface area contributed by atoms with Crippen molar-refractivity contribution in [1.82, 2.24) is 24.5 Å². The first-order valence-corrected chi connectivity index (χ1v) is 11.3. The van der Waals surface area contributed by atoms with Crippen LogP contribution in [0.5, 0.6) is 0 Å². The van der Waals surface area contributed by atoms with E-state index in [-0.39, 0.29) is 34.1 Å². The Hall–Kier alpha value is -2.59. The Morgan fingerprint density at radius 1 is 1.24 bits per heavy atom. The molecule has 3 aromatic rings. The molecule has 0 unspecified atom stereocenters. The summed E-state index contributed by atoms with van der Waals surface area (Å²) < 4.78 is 24.7. The third kappa shape index (κ3) is 4.08. The van der Waals surface area contributed by atoms with Crippen molar-refractivity contribution >= 4 is 38.4 Å². The van der Waals surface area contributed by atoms with Crippen LogP contribution in [-0.2, 0) is 16.4 Å². The quantitative estimate of drug-likeness (QED) is 0.586. The van der Waals surface area contributed by atoms with Crippen molar-refractivity contribution in [1.29, 1.82) is 0 Å². The molecule has 3 aromatic heterocycles. The van der Waals surface area contributed by atoms with Gasteiger partial charge >= 0.3 is 0 Å². The minimum absolute atomic E-state index is 0.0355. The molecule has 29 heavy (non-hydrogen) atoms. The third-order valence-electron chi connectivity index (χ3n) is 4.98. The number of sulfone groups is 1. The van der Waals surface area contributed by atoms with Gasteiger partial charge in [-0.1, -0.05) is 0 Å². The van der Waals surface area contributed by atoms with Crippen LogP contribution in [0.2, 0.25) is 5.28 Å². The Kier molecular flexibility index (Phi) is 4.99. The molecule has 1 aliphatic rings. The van der Waals surface area contributed by atoms with Gasteiger partial charge in [-0.2, -0.15) is 4.98 Å². The van der Waals surface area contributed by atoms with Gasteiger partial charge in [-0.15, -0.1) is 0 Å². The molecule has 4 rings (SSSR count). The fourth-order valence-electron chi connectivity index (χ4n) is 3.17. The summed E-state index contributed by atoms with van der Waals surface area (Å²) >= 11 is 5.94. The van der Waals surface area contributed by atoms with Gasteiger partial charge in [0.15, 0.2) is 21.3 Å². The van der Waals surface area contributed by atoms with E-state index in [1.807, 2.05) is 6.92 Å². The van der Waals surface area contributed by atoms with Gasteiger partial charge in [0.25, 0.3) is 5.56 Å². The zero-order valence-electron chi connectivity index (χ0n) is 15.8. The first kappa shape index (κ1) is 19.7. The molecule has 1 atom stereocenters. The highest BCUT2D eigenvalue weighted by molar-refractivity contribution is 7.90. The number of rotatable bonds is 6. The van der Waals surface area contributed by atoms with E-state index in [4.69, 9.17) is 11.6 Å². The molecule has 1 saturated carbocycles. The number of hydrogen-bond donors (Lipinski definition) is 1. The van der Waals surface area contributed by atoms with Crippen LogP contribution >= 0.6 is 11.6 Å². The lowest BCUT2D eigenvalue weighted by Gasteiger charge is -2.18. The van der Waals surface area contributed by atoms with Crippen molar-refractivity contribution < 1.29 is 8.42 Å². The molecule has 1 fully saturated rings. The summed E-state index contributed by atoms with van der Waals surface area (Å²) in [6.45, 7) is 2.20. The van der Waals surface area contributed by atoms with E-state index in [1.54, 1.807) is 10.6 Å². The number of nitrogens with zero attached hydrogens (tertiary/aromatic N) is 5. The summed E-state index contributed by atoms with van der Waals surface area (Å²) in [4.78, 5) is 29.9. The average molecular weight is 435 g/mol. The molecular formula is C18H19ClN6O3S. The lowest BCUT2D eigenvalue weighted by molar-refractivity contribution is 0.482. The molecule has 9 nitrogen and oxygen atoms in total. The maximum absolute atomic E-state index is 13.1. The van der Waals surface area contributed by atoms with Crippen LogP contribution < -0.4 is 10.9 Å². The van der Waals surface area contributed by atoms with E-state index in [9.17, 15) is 13.2 Å². The van der Waals surface area contributed by atoms with Crippen LogP contribution in [0.4, 0.5) is 5.82 Å². The predicted octanol–water partition coefficient (Wildman–Crippen LogP) is 2.22. The molecule has 11 heteroatoms. The second kappa shape index (κ2) is 7.34. The molecule has 1 aliphatic carbocycles. The minimum atomic E-state index is -3.31. The lowest BCUT2D eigenvalue weighted by Crippen LogP contribution is -2.29. The monoisotopic (exact) mass is 434 g/mol. The van der Waals surface area contributed by atoms with Gasteiger partial charge in [0.1, 0.15) is 5.52 Å². The van der Waals surface area contributed by atoms with Crippen molar-refractivity contribution in [3.63, 3.8) is 0 Å². The number of nitrogens with one attached hydrogen (secondary N) is 1. The van der Waals surface area contributed by atoms with Crippen LogP contribution in [0.1, 0.15) is 31.5 Å². The molecule has 0 spiro atoms. The Morgan fingerprint density at radius 3 is 2.62 bits per heavy atom. The summed E-state index contributed by atoms with van der Waals surface area (Å²) in [5, 5.41) is 3.07. The third-order valence-corrected chi connectivity index (χ3v) is 6.26. The van der Waals surface area contributed by atoms with Crippen molar-refractivity contribution in [3.8, 4) is 0 Å².